The summed E-state index contributed by atoms with van der Waals surface area (Å²) in [6, 6.07) is 81.3. The van der Waals surface area contributed by atoms with Crippen LogP contribution in [0.15, 0.2) is 242 Å². The standard InChI is InChI=1S/C61H41N3/c1-3-19-40(20-4-1)62-53-32-15-10-26-46(53)49-39-42(37-38-55(49)62)64(57-35-18-34-56-59(57)48-27-11-16-33-54(48)63(56)41-21-5-2-6-22-41)58-36-17-28-47-45-25-9-14-31-52(45)61(60(47)58)50-29-12-7-23-43(50)44-24-8-13-30-51(44)61/h1-39,47,60H. The quantitative estimate of drug-likeness (QED) is 0.169. The van der Waals surface area contributed by atoms with Gasteiger partial charge in [-0.3, -0.25) is 0 Å². The fourth-order valence-electron chi connectivity index (χ4n) is 12.3. The first-order chi connectivity index (χ1) is 31.8. The van der Waals surface area contributed by atoms with E-state index in [1.165, 1.54) is 88.4 Å². The third-order valence-electron chi connectivity index (χ3n) is 14.6. The molecule has 2 heterocycles. The fraction of sp³-hybridized carbons (Fsp3) is 0.0492. The maximum absolute atomic E-state index is 2.65. The normalized spacial score (nSPS) is 16.6. The van der Waals surface area contributed by atoms with E-state index in [0.29, 0.717) is 0 Å². The van der Waals surface area contributed by atoms with Gasteiger partial charge in [-0.2, -0.15) is 0 Å². The van der Waals surface area contributed by atoms with Crippen LogP contribution in [-0.4, -0.2) is 9.13 Å². The number of allylic oxidation sites excluding steroid dienone is 4. The van der Waals surface area contributed by atoms with Crippen molar-refractivity contribution >= 4 is 55.0 Å². The molecule has 0 bridgehead atoms. The molecule has 300 valence electrons. The Morgan fingerprint density at radius 2 is 0.969 bits per heavy atom. The lowest BCUT2D eigenvalue weighted by Crippen LogP contribution is -2.39. The summed E-state index contributed by atoms with van der Waals surface area (Å²) in [5.74, 6) is 0.185. The highest BCUT2D eigenvalue weighted by molar-refractivity contribution is 6.17. The second kappa shape index (κ2) is 13.4. The Labute approximate surface area is 371 Å². The summed E-state index contributed by atoms with van der Waals surface area (Å²) >= 11 is 0. The Balaban J connectivity index is 1.10. The van der Waals surface area contributed by atoms with Gasteiger partial charge in [0, 0.05) is 56.1 Å². The molecule has 3 nitrogen and oxygen atoms in total. The highest BCUT2D eigenvalue weighted by atomic mass is 15.2. The molecule has 3 aliphatic carbocycles. The SMILES string of the molecule is C1=CC2c3ccccc3C3(c4ccccc4-c4ccccc43)C2C(N(c2ccc3c(c2)c2ccccc2n3-c2ccccc2)c2cccc3c2c2ccccc2n3-c2ccccc2)=C1. The average Bonchev–Trinajstić information content (AvgIpc) is 4.07. The fourth-order valence-corrected chi connectivity index (χ4v) is 12.3. The van der Waals surface area contributed by atoms with Crippen LogP contribution in [0.5, 0.6) is 0 Å². The van der Waals surface area contributed by atoms with E-state index in [1.807, 2.05) is 0 Å². The zero-order chi connectivity index (χ0) is 41.9. The van der Waals surface area contributed by atoms with E-state index in [2.05, 4.69) is 251 Å². The van der Waals surface area contributed by atoms with Gasteiger partial charge in [0.05, 0.1) is 33.2 Å². The number of hydrogen-bond acceptors (Lipinski definition) is 1. The second-order valence-corrected chi connectivity index (χ2v) is 17.6. The molecule has 2 atom stereocenters. The van der Waals surface area contributed by atoms with E-state index in [9.17, 15) is 0 Å². The molecule has 11 aromatic rings. The zero-order valence-corrected chi connectivity index (χ0v) is 35.0. The number of nitrogens with zero attached hydrogens (tertiary/aromatic N) is 3. The molecule has 64 heavy (non-hydrogen) atoms. The minimum absolute atomic E-state index is 0.0405. The van der Waals surface area contributed by atoms with Gasteiger partial charge in [0.2, 0.25) is 0 Å². The number of aromatic nitrogens is 2. The first-order valence-electron chi connectivity index (χ1n) is 22.4. The molecule has 0 saturated heterocycles. The van der Waals surface area contributed by atoms with Gasteiger partial charge in [0.15, 0.2) is 0 Å². The number of hydrogen-bond donors (Lipinski definition) is 0. The molecule has 3 heteroatoms. The lowest BCUT2D eigenvalue weighted by Gasteiger charge is -2.43. The average molecular weight is 816 g/mol. The van der Waals surface area contributed by atoms with E-state index in [1.54, 1.807) is 0 Å². The lowest BCUT2D eigenvalue weighted by atomic mass is 9.64. The van der Waals surface area contributed by atoms with Crippen LogP contribution in [0.2, 0.25) is 0 Å². The van der Waals surface area contributed by atoms with Crippen LogP contribution in [0, 0.1) is 5.92 Å². The lowest BCUT2D eigenvalue weighted by molar-refractivity contribution is 0.436. The molecule has 1 spiro atoms. The monoisotopic (exact) mass is 815 g/mol. The molecule has 0 N–H and O–H groups in total. The number of fused-ring (bicyclic) bond motifs is 16. The summed E-state index contributed by atoms with van der Waals surface area (Å²) in [4.78, 5) is 2.65. The number of benzene rings is 9. The summed E-state index contributed by atoms with van der Waals surface area (Å²) in [5, 5.41) is 4.93. The van der Waals surface area contributed by atoms with Crippen LogP contribution < -0.4 is 4.90 Å². The van der Waals surface area contributed by atoms with Crippen LogP contribution in [0.1, 0.15) is 28.2 Å². The molecule has 0 fully saturated rings. The van der Waals surface area contributed by atoms with Crippen molar-refractivity contribution in [2.75, 3.05) is 4.90 Å². The molecule has 14 rings (SSSR count). The van der Waals surface area contributed by atoms with Gasteiger partial charge in [-0.15, -0.1) is 0 Å². The highest BCUT2D eigenvalue weighted by Crippen LogP contribution is 2.67. The van der Waals surface area contributed by atoms with Gasteiger partial charge in [0.1, 0.15) is 0 Å². The van der Waals surface area contributed by atoms with Gasteiger partial charge < -0.3 is 14.0 Å². The van der Waals surface area contributed by atoms with Crippen molar-refractivity contribution in [3.8, 4) is 22.5 Å². The minimum Gasteiger partial charge on any atom is -0.313 e. The first-order valence-corrected chi connectivity index (χ1v) is 22.4. The molecule has 3 aliphatic rings. The predicted octanol–water partition coefficient (Wildman–Crippen LogP) is 15.2. The number of para-hydroxylation sites is 4. The van der Waals surface area contributed by atoms with Gasteiger partial charge >= 0.3 is 0 Å². The molecule has 0 aliphatic heterocycles. The predicted molar refractivity (Wildman–Crippen MR) is 265 cm³/mol. The van der Waals surface area contributed by atoms with Crippen molar-refractivity contribution in [1.29, 1.82) is 0 Å². The van der Waals surface area contributed by atoms with E-state index in [4.69, 9.17) is 0 Å². The molecule has 0 saturated carbocycles. The van der Waals surface area contributed by atoms with Crippen molar-refractivity contribution in [2.24, 2.45) is 5.92 Å². The topological polar surface area (TPSA) is 13.1 Å². The summed E-state index contributed by atoms with van der Waals surface area (Å²) in [6.07, 6.45) is 7.24. The van der Waals surface area contributed by atoms with Crippen molar-refractivity contribution in [3.63, 3.8) is 0 Å². The van der Waals surface area contributed by atoms with Crippen LogP contribution in [0.25, 0.3) is 66.1 Å². The Kier molecular flexibility index (Phi) is 7.44. The molecule has 0 radical (unpaired) electrons. The van der Waals surface area contributed by atoms with E-state index in [0.717, 1.165) is 17.1 Å². The molecular weight excluding hydrogens is 775 g/mol. The zero-order valence-electron chi connectivity index (χ0n) is 35.0. The van der Waals surface area contributed by atoms with Crippen molar-refractivity contribution in [2.45, 2.75) is 11.3 Å². The van der Waals surface area contributed by atoms with Crippen molar-refractivity contribution in [1.82, 2.24) is 9.13 Å². The summed E-state index contributed by atoms with van der Waals surface area (Å²) in [5.41, 5.74) is 18.5. The maximum Gasteiger partial charge on any atom is 0.0562 e. The second-order valence-electron chi connectivity index (χ2n) is 17.6. The molecular formula is C61H41N3. The largest absolute Gasteiger partial charge is 0.313 e. The first kappa shape index (κ1) is 35.5. The van der Waals surface area contributed by atoms with Gasteiger partial charge in [-0.1, -0.05) is 164 Å². The summed E-state index contributed by atoms with van der Waals surface area (Å²) < 4.78 is 4.86. The van der Waals surface area contributed by atoms with Gasteiger partial charge in [-0.05, 0) is 106 Å². The molecule has 2 unspecified atom stereocenters. The van der Waals surface area contributed by atoms with Crippen LogP contribution in [0.4, 0.5) is 11.4 Å². The van der Waals surface area contributed by atoms with Crippen molar-refractivity contribution in [3.05, 3.63) is 265 Å². The van der Waals surface area contributed by atoms with Crippen LogP contribution >= 0.6 is 0 Å². The Morgan fingerprint density at radius 3 is 1.69 bits per heavy atom. The molecule has 9 aromatic carbocycles. The van der Waals surface area contributed by atoms with E-state index in [-0.39, 0.29) is 11.8 Å². The van der Waals surface area contributed by atoms with Gasteiger partial charge in [0.25, 0.3) is 0 Å². The third kappa shape index (κ3) is 4.65. The summed E-state index contributed by atoms with van der Waals surface area (Å²) in [6.45, 7) is 0. The Bertz CT molecular complexity index is 3710. The molecule has 2 aromatic heterocycles. The van der Waals surface area contributed by atoms with Crippen molar-refractivity contribution < 1.29 is 0 Å². The highest BCUT2D eigenvalue weighted by Gasteiger charge is 2.60. The number of rotatable bonds is 5. The Hall–Kier alpha value is -8.14. The van der Waals surface area contributed by atoms with E-state index < -0.39 is 5.41 Å². The van der Waals surface area contributed by atoms with Gasteiger partial charge in [-0.25, -0.2) is 0 Å². The van der Waals surface area contributed by atoms with E-state index >= 15 is 0 Å². The Morgan fingerprint density at radius 1 is 0.422 bits per heavy atom. The number of anilines is 2. The minimum atomic E-state index is -0.428. The third-order valence-corrected chi connectivity index (χ3v) is 14.6. The molecule has 0 amide bonds. The summed E-state index contributed by atoms with van der Waals surface area (Å²) in [7, 11) is 0. The maximum atomic E-state index is 2.65. The van der Waals surface area contributed by atoms with Crippen LogP contribution in [-0.2, 0) is 5.41 Å². The van der Waals surface area contributed by atoms with Crippen LogP contribution in [0.3, 0.4) is 0 Å². The smallest absolute Gasteiger partial charge is 0.0562 e.